The monoisotopic (exact) mass is 506 g/mol. The molecule has 4 nitrogen and oxygen atoms in total. The van der Waals surface area contributed by atoms with Gasteiger partial charge in [-0.2, -0.15) is 0 Å². The number of benzene rings is 3. The normalized spacial score (nSPS) is 16.2. The molecular formula is C31H36F2N2O2. The molecule has 0 unspecified atom stereocenters. The van der Waals surface area contributed by atoms with Crippen molar-refractivity contribution >= 4 is 5.91 Å². The topological polar surface area (TPSA) is 61.4 Å². The van der Waals surface area contributed by atoms with Crippen LogP contribution in [0.4, 0.5) is 8.78 Å². The minimum absolute atomic E-state index is 0.0875. The molecule has 0 bridgehead atoms. The van der Waals surface area contributed by atoms with Gasteiger partial charge in [0.25, 0.3) is 5.91 Å². The summed E-state index contributed by atoms with van der Waals surface area (Å²) in [6.07, 6.45) is 1.99. The predicted molar refractivity (Wildman–Crippen MR) is 142 cm³/mol. The average Bonchev–Trinajstić information content (AvgIpc) is 3.62. The zero-order valence-electron chi connectivity index (χ0n) is 21.7. The Bertz CT molecular complexity index is 1200. The van der Waals surface area contributed by atoms with Crippen LogP contribution in [0.15, 0.2) is 72.8 Å². The molecule has 4 rings (SSSR count). The summed E-state index contributed by atoms with van der Waals surface area (Å²) in [7, 11) is 0. The molecule has 0 saturated heterocycles. The minimum Gasteiger partial charge on any atom is -0.390 e. The van der Waals surface area contributed by atoms with Gasteiger partial charge in [-0.25, -0.2) is 8.78 Å². The van der Waals surface area contributed by atoms with Crippen molar-refractivity contribution in [1.29, 1.82) is 0 Å². The van der Waals surface area contributed by atoms with E-state index in [9.17, 15) is 18.7 Å². The van der Waals surface area contributed by atoms with Gasteiger partial charge in [0.05, 0.1) is 12.1 Å². The molecule has 0 radical (unpaired) electrons. The largest absolute Gasteiger partial charge is 0.390 e. The van der Waals surface area contributed by atoms with E-state index in [2.05, 4.69) is 55.7 Å². The molecule has 1 aliphatic rings. The number of amides is 1. The first-order valence-corrected chi connectivity index (χ1v) is 12.9. The Morgan fingerprint density at radius 1 is 0.946 bits per heavy atom. The average molecular weight is 507 g/mol. The van der Waals surface area contributed by atoms with Crippen molar-refractivity contribution in [1.82, 2.24) is 10.6 Å². The lowest BCUT2D eigenvalue weighted by Gasteiger charge is -2.28. The number of aliphatic hydroxyl groups is 1. The Hall–Kier alpha value is -3.09. The van der Waals surface area contributed by atoms with E-state index < -0.39 is 23.8 Å². The van der Waals surface area contributed by atoms with Gasteiger partial charge in [0.1, 0.15) is 11.6 Å². The Kier molecular flexibility index (Phi) is 8.10. The van der Waals surface area contributed by atoms with Crippen molar-refractivity contribution in [3.63, 3.8) is 0 Å². The molecule has 2 atom stereocenters. The summed E-state index contributed by atoms with van der Waals surface area (Å²) in [6, 6.07) is 19.8. The van der Waals surface area contributed by atoms with E-state index in [4.69, 9.17) is 0 Å². The second-order valence-corrected chi connectivity index (χ2v) is 11.4. The number of aliphatic hydroxyl groups excluding tert-OH is 1. The third-order valence-electron chi connectivity index (χ3n) is 6.81. The SMILES string of the molecule is CC(C)(C)Cc1cccc(C2(NC[C@@H](O)[C@@H](Cc3cc(F)cc(F)c3)NC(=O)c3ccccc3)CC2)c1. The van der Waals surface area contributed by atoms with Crippen molar-refractivity contribution in [2.24, 2.45) is 5.41 Å². The van der Waals surface area contributed by atoms with Crippen LogP contribution in [0.2, 0.25) is 0 Å². The fourth-order valence-corrected chi connectivity index (χ4v) is 4.83. The standard InChI is InChI=1S/C31H36F2N2O2/c1-30(2,3)19-21-8-7-11-24(14-21)31(12-13-31)34-20-28(36)27(17-22-15-25(32)18-26(33)16-22)35-29(37)23-9-5-4-6-10-23/h4-11,14-16,18,27-28,34,36H,12-13,17,19-20H2,1-3H3,(H,35,37)/t27-,28-/m1/s1. The minimum atomic E-state index is -0.978. The van der Waals surface area contributed by atoms with Gasteiger partial charge < -0.3 is 15.7 Å². The summed E-state index contributed by atoms with van der Waals surface area (Å²) in [4.78, 5) is 12.9. The van der Waals surface area contributed by atoms with Crippen LogP contribution in [0, 0.1) is 17.0 Å². The highest BCUT2D eigenvalue weighted by molar-refractivity contribution is 5.94. The van der Waals surface area contributed by atoms with E-state index in [-0.39, 0.29) is 29.8 Å². The first-order chi connectivity index (χ1) is 17.5. The Balaban J connectivity index is 1.48. The number of carbonyl (C=O) groups excluding carboxylic acids is 1. The molecule has 1 amide bonds. The van der Waals surface area contributed by atoms with Crippen LogP contribution in [0.3, 0.4) is 0 Å². The molecule has 3 N–H and O–H groups in total. The molecule has 3 aromatic carbocycles. The van der Waals surface area contributed by atoms with Gasteiger partial charge in [0, 0.05) is 23.7 Å². The van der Waals surface area contributed by atoms with Crippen molar-refractivity contribution in [3.05, 3.63) is 107 Å². The number of carbonyl (C=O) groups is 1. The maximum absolute atomic E-state index is 13.8. The van der Waals surface area contributed by atoms with Crippen molar-refractivity contribution in [2.45, 2.75) is 64.1 Å². The van der Waals surface area contributed by atoms with E-state index in [1.54, 1.807) is 24.3 Å². The maximum Gasteiger partial charge on any atom is 0.251 e. The van der Waals surface area contributed by atoms with Gasteiger partial charge in [0.2, 0.25) is 0 Å². The molecule has 0 heterocycles. The highest BCUT2D eigenvalue weighted by atomic mass is 19.1. The third kappa shape index (κ3) is 7.46. The third-order valence-corrected chi connectivity index (χ3v) is 6.81. The van der Waals surface area contributed by atoms with Gasteiger partial charge in [0.15, 0.2) is 0 Å². The summed E-state index contributed by atoms with van der Waals surface area (Å²) in [5, 5.41) is 17.6. The summed E-state index contributed by atoms with van der Waals surface area (Å²) in [5.41, 5.74) is 3.25. The van der Waals surface area contributed by atoms with Gasteiger partial charge in [-0.05, 0) is 72.1 Å². The summed E-state index contributed by atoms with van der Waals surface area (Å²) in [5.74, 6) is -1.73. The molecular weight excluding hydrogens is 470 g/mol. The van der Waals surface area contributed by atoms with Crippen LogP contribution in [-0.2, 0) is 18.4 Å². The molecule has 0 aliphatic heterocycles. The van der Waals surface area contributed by atoms with Crippen LogP contribution in [-0.4, -0.2) is 29.7 Å². The number of nitrogens with one attached hydrogen (secondary N) is 2. The molecule has 1 fully saturated rings. The van der Waals surface area contributed by atoms with Crippen molar-refractivity contribution in [3.8, 4) is 0 Å². The lowest BCUT2D eigenvalue weighted by Crippen LogP contribution is -2.50. The fourth-order valence-electron chi connectivity index (χ4n) is 4.83. The molecule has 3 aromatic rings. The highest BCUT2D eigenvalue weighted by Crippen LogP contribution is 2.46. The van der Waals surface area contributed by atoms with Crippen molar-refractivity contribution < 1.29 is 18.7 Å². The van der Waals surface area contributed by atoms with Crippen LogP contribution >= 0.6 is 0 Å². The van der Waals surface area contributed by atoms with Crippen LogP contribution in [0.25, 0.3) is 0 Å². The molecule has 0 aromatic heterocycles. The van der Waals surface area contributed by atoms with Gasteiger partial charge in [-0.1, -0.05) is 63.2 Å². The summed E-state index contributed by atoms with van der Waals surface area (Å²) < 4.78 is 27.7. The second-order valence-electron chi connectivity index (χ2n) is 11.4. The fraction of sp³-hybridized carbons (Fsp3) is 0.387. The number of halogens is 2. The van der Waals surface area contributed by atoms with Gasteiger partial charge in [-0.15, -0.1) is 0 Å². The molecule has 0 spiro atoms. The Morgan fingerprint density at radius 3 is 2.24 bits per heavy atom. The van der Waals surface area contributed by atoms with Crippen LogP contribution in [0.5, 0.6) is 0 Å². The van der Waals surface area contributed by atoms with E-state index in [1.807, 2.05) is 6.07 Å². The molecule has 6 heteroatoms. The second kappa shape index (κ2) is 11.1. The van der Waals surface area contributed by atoms with E-state index >= 15 is 0 Å². The number of hydrogen-bond acceptors (Lipinski definition) is 3. The zero-order valence-corrected chi connectivity index (χ0v) is 21.7. The Labute approximate surface area is 218 Å². The smallest absolute Gasteiger partial charge is 0.251 e. The first-order valence-electron chi connectivity index (χ1n) is 12.9. The van der Waals surface area contributed by atoms with Crippen LogP contribution in [0.1, 0.15) is 60.7 Å². The molecule has 37 heavy (non-hydrogen) atoms. The molecule has 1 aliphatic carbocycles. The molecule has 196 valence electrons. The maximum atomic E-state index is 13.8. The van der Waals surface area contributed by atoms with E-state index in [1.165, 1.54) is 23.3 Å². The van der Waals surface area contributed by atoms with Gasteiger partial charge in [-0.3, -0.25) is 4.79 Å². The van der Waals surface area contributed by atoms with Crippen LogP contribution < -0.4 is 10.6 Å². The summed E-state index contributed by atoms with van der Waals surface area (Å²) in [6.45, 7) is 6.88. The summed E-state index contributed by atoms with van der Waals surface area (Å²) >= 11 is 0. The van der Waals surface area contributed by atoms with Crippen molar-refractivity contribution in [2.75, 3.05) is 6.54 Å². The number of rotatable bonds is 10. The lowest BCUT2D eigenvalue weighted by molar-refractivity contribution is 0.0822. The zero-order chi connectivity index (χ0) is 26.6. The van der Waals surface area contributed by atoms with E-state index in [0.717, 1.165) is 25.3 Å². The predicted octanol–water partition coefficient (Wildman–Crippen LogP) is 5.53. The quantitative estimate of drug-likeness (QED) is 0.339. The lowest BCUT2D eigenvalue weighted by atomic mass is 9.87. The van der Waals surface area contributed by atoms with E-state index in [0.29, 0.717) is 11.1 Å². The Morgan fingerprint density at radius 2 is 1.62 bits per heavy atom. The van der Waals surface area contributed by atoms with Gasteiger partial charge >= 0.3 is 0 Å². The first kappa shape index (κ1) is 27.0. The molecule has 1 saturated carbocycles. The highest BCUT2D eigenvalue weighted by Gasteiger charge is 2.44. The number of hydrogen-bond donors (Lipinski definition) is 3.